The van der Waals surface area contributed by atoms with Crippen molar-refractivity contribution in [2.24, 2.45) is 0 Å². The van der Waals surface area contributed by atoms with E-state index in [9.17, 15) is 5.11 Å². The predicted octanol–water partition coefficient (Wildman–Crippen LogP) is 3.88. The lowest BCUT2D eigenvalue weighted by atomic mass is 10.1. The summed E-state index contributed by atoms with van der Waals surface area (Å²) in [6, 6.07) is 11.8. The molecular formula is C17H21NO2. The number of anilines is 1. The number of rotatable bonds is 5. The molecule has 0 aromatic heterocycles. The van der Waals surface area contributed by atoms with Crippen LogP contribution in [0.25, 0.3) is 0 Å². The number of hydrogen-bond acceptors (Lipinski definition) is 3. The lowest BCUT2D eigenvalue weighted by molar-refractivity contribution is 0.373. The number of phenolic OH excluding ortho intramolecular Hbond substituents is 1. The third kappa shape index (κ3) is 3.05. The Morgan fingerprint density at radius 1 is 1.20 bits per heavy atom. The zero-order chi connectivity index (χ0) is 14.5. The van der Waals surface area contributed by atoms with E-state index >= 15 is 0 Å². The third-order valence-corrected chi connectivity index (χ3v) is 3.45. The minimum Gasteiger partial charge on any atom is -0.504 e. The maximum Gasteiger partial charge on any atom is 0.160 e. The Balaban J connectivity index is 2.17. The van der Waals surface area contributed by atoms with Gasteiger partial charge in [0.25, 0.3) is 0 Å². The van der Waals surface area contributed by atoms with E-state index in [1.165, 1.54) is 16.8 Å². The van der Waals surface area contributed by atoms with Crippen molar-refractivity contribution in [2.45, 2.75) is 26.8 Å². The molecule has 0 amide bonds. The average molecular weight is 271 g/mol. The van der Waals surface area contributed by atoms with Gasteiger partial charge in [0.2, 0.25) is 0 Å². The maximum absolute atomic E-state index is 9.60. The van der Waals surface area contributed by atoms with Gasteiger partial charge in [-0.25, -0.2) is 0 Å². The molecule has 0 saturated heterocycles. The van der Waals surface area contributed by atoms with E-state index in [-0.39, 0.29) is 5.75 Å². The molecule has 106 valence electrons. The Morgan fingerprint density at radius 2 is 2.00 bits per heavy atom. The Hall–Kier alpha value is -2.16. The third-order valence-electron chi connectivity index (χ3n) is 3.45. The number of ether oxygens (including phenoxy) is 1. The quantitative estimate of drug-likeness (QED) is 0.867. The first kappa shape index (κ1) is 14.3. The van der Waals surface area contributed by atoms with Gasteiger partial charge in [-0.3, -0.25) is 0 Å². The molecule has 0 aliphatic carbocycles. The average Bonchev–Trinajstić information content (AvgIpc) is 2.47. The van der Waals surface area contributed by atoms with E-state index in [4.69, 9.17) is 4.74 Å². The highest BCUT2D eigenvalue weighted by Gasteiger charge is 2.06. The van der Waals surface area contributed by atoms with Gasteiger partial charge >= 0.3 is 0 Å². The largest absolute Gasteiger partial charge is 0.504 e. The number of hydrogen-bond donors (Lipinski definition) is 2. The molecule has 3 heteroatoms. The van der Waals surface area contributed by atoms with Crippen molar-refractivity contribution in [2.75, 3.05) is 12.4 Å². The van der Waals surface area contributed by atoms with Crippen molar-refractivity contribution in [1.29, 1.82) is 0 Å². The second kappa shape index (κ2) is 6.33. The number of methoxy groups -OCH3 is 1. The SMILES string of the molecule is CCc1cccc(C)c1NCc1ccc(O)c(OC)c1. The van der Waals surface area contributed by atoms with Gasteiger partial charge < -0.3 is 15.2 Å². The maximum atomic E-state index is 9.60. The van der Waals surface area contributed by atoms with Crippen molar-refractivity contribution in [3.8, 4) is 11.5 Å². The molecular weight excluding hydrogens is 250 g/mol. The fourth-order valence-electron chi connectivity index (χ4n) is 2.30. The smallest absolute Gasteiger partial charge is 0.160 e. The van der Waals surface area contributed by atoms with Gasteiger partial charge in [0.1, 0.15) is 0 Å². The standard InChI is InChI=1S/C17H21NO2/c1-4-14-7-5-6-12(2)17(14)18-11-13-8-9-15(19)16(10-13)20-3/h5-10,18-19H,4,11H2,1-3H3. The Kier molecular flexibility index (Phi) is 4.51. The van der Waals surface area contributed by atoms with Gasteiger partial charge in [0.05, 0.1) is 7.11 Å². The van der Waals surface area contributed by atoms with Crippen molar-refractivity contribution in [1.82, 2.24) is 0 Å². The molecule has 20 heavy (non-hydrogen) atoms. The highest BCUT2D eigenvalue weighted by molar-refractivity contribution is 5.57. The molecule has 0 aliphatic rings. The van der Waals surface area contributed by atoms with E-state index in [2.05, 4.69) is 37.4 Å². The Morgan fingerprint density at radius 3 is 2.70 bits per heavy atom. The number of para-hydroxylation sites is 1. The first-order valence-electron chi connectivity index (χ1n) is 6.84. The van der Waals surface area contributed by atoms with Crippen LogP contribution in [0.15, 0.2) is 36.4 Å². The highest BCUT2D eigenvalue weighted by Crippen LogP contribution is 2.27. The molecule has 2 aromatic carbocycles. The Bertz CT molecular complexity index is 594. The van der Waals surface area contributed by atoms with Gasteiger partial charge in [-0.2, -0.15) is 0 Å². The van der Waals surface area contributed by atoms with Crippen molar-refractivity contribution < 1.29 is 9.84 Å². The monoisotopic (exact) mass is 271 g/mol. The lowest BCUT2D eigenvalue weighted by Crippen LogP contribution is -2.04. The number of phenols is 1. The second-order valence-corrected chi connectivity index (χ2v) is 4.82. The number of benzene rings is 2. The topological polar surface area (TPSA) is 41.5 Å². The van der Waals surface area contributed by atoms with Gasteiger partial charge in [0.15, 0.2) is 11.5 Å². The zero-order valence-electron chi connectivity index (χ0n) is 12.2. The van der Waals surface area contributed by atoms with Crippen LogP contribution < -0.4 is 10.1 Å². The van der Waals surface area contributed by atoms with Crippen LogP contribution in [0.4, 0.5) is 5.69 Å². The van der Waals surface area contributed by atoms with Gasteiger partial charge in [0, 0.05) is 12.2 Å². The molecule has 0 unspecified atom stereocenters. The van der Waals surface area contributed by atoms with Gasteiger partial charge in [-0.15, -0.1) is 0 Å². The van der Waals surface area contributed by atoms with E-state index < -0.39 is 0 Å². The van der Waals surface area contributed by atoms with Gasteiger partial charge in [-0.1, -0.05) is 31.2 Å². The highest BCUT2D eigenvalue weighted by atomic mass is 16.5. The number of aryl methyl sites for hydroxylation is 2. The summed E-state index contributed by atoms with van der Waals surface area (Å²) in [6.45, 7) is 4.97. The fraction of sp³-hybridized carbons (Fsp3) is 0.294. The normalized spacial score (nSPS) is 10.3. The summed E-state index contributed by atoms with van der Waals surface area (Å²) in [5, 5.41) is 13.1. The van der Waals surface area contributed by atoms with Crippen molar-refractivity contribution >= 4 is 5.69 Å². The number of nitrogens with one attached hydrogen (secondary N) is 1. The summed E-state index contributed by atoms with van der Waals surface area (Å²) < 4.78 is 5.13. The molecule has 0 atom stereocenters. The summed E-state index contributed by atoms with van der Waals surface area (Å²) in [6.07, 6.45) is 1.00. The van der Waals surface area contributed by atoms with Crippen LogP contribution in [0.5, 0.6) is 11.5 Å². The molecule has 0 aliphatic heterocycles. The number of aromatic hydroxyl groups is 1. The summed E-state index contributed by atoms with van der Waals surface area (Å²) >= 11 is 0. The zero-order valence-corrected chi connectivity index (χ0v) is 12.2. The molecule has 0 bridgehead atoms. The van der Waals surface area contributed by atoms with Crippen LogP contribution in [0.1, 0.15) is 23.6 Å². The lowest BCUT2D eigenvalue weighted by Gasteiger charge is -2.14. The summed E-state index contributed by atoms with van der Waals surface area (Å²) in [7, 11) is 1.56. The van der Waals surface area contributed by atoms with E-state index in [1.807, 2.05) is 12.1 Å². The van der Waals surface area contributed by atoms with Crippen LogP contribution in [0.2, 0.25) is 0 Å². The van der Waals surface area contributed by atoms with Gasteiger partial charge in [-0.05, 0) is 42.2 Å². The minimum atomic E-state index is 0.168. The molecule has 0 heterocycles. The van der Waals surface area contributed by atoms with E-state index in [0.29, 0.717) is 12.3 Å². The molecule has 3 nitrogen and oxygen atoms in total. The molecule has 0 spiro atoms. The molecule has 0 saturated carbocycles. The Labute approximate surface area is 120 Å². The first-order chi connectivity index (χ1) is 9.65. The van der Waals surface area contributed by atoms with Crippen molar-refractivity contribution in [3.63, 3.8) is 0 Å². The van der Waals surface area contributed by atoms with Crippen molar-refractivity contribution in [3.05, 3.63) is 53.1 Å². The van der Waals surface area contributed by atoms with Crippen LogP contribution in [-0.2, 0) is 13.0 Å². The summed E-state index contributed by atoms with van der Waals surface area (Å²) in [4.78, 5) is 0. The molecule has 0 radical (unpaired) electrons. The minimum absolute atomic E-state index is 0.168. The fourth-order valence-corrected chi connectivity index (χ4v) is 2.30. The molecule has 2 N–H and O–H groups in total. The summed E-state index contributed by atoms with van der Waals surface area (Å²) in [5.74, 6) is 0.672. The predicted molar refractivity (Wildman–Crippen MR) is 82.5 cm³/mol. The molecule has 2 rings (SSSR count). The molecule has 2 aromatic rings. The summed E-state index contributed by atoms with van der Waals surface area (Å²) in [5.41, 5.74) is 4.83. The van der Waals surface area contributed by atoms with Crippen LogP contribution in [0.3, 0.4) is 0 Å². The van der Waals surface area contributed by atoms with E-state index in [1.54, 1.807) is 13.2 Å². The molecule has 0 fully saturated rings. The second-order valence-electron chi connectivity index (χ2n) is 4.82. The van der Waals surface area contributed by atoms with Crippen LogP contribution in [0, 0.1) is 6.92 Å². The van der Waals surface area contributed by atoms with Crippen LogP contribution >= 0.6 is 0 Å². The first-order valence-corrected chi connectivity index (χ1v) is 6.84. The van der Waals surface area contributed by atoms with Crippen LogP contribution in [-0.4, -0.2) is 12.2 Å². The van der Waals surface area contributed by atoms with E-state index in [0.717, 1.165) is 12.0 Å².